The van der Waals surface area contributed by atoms with Gasteiger partial charge in [-0.3, -0.25) is 0 Å². The molecule has 0 aliphatic rings. The highest BCUT2D eigenvalue weighted by Crippen LogP contribution is 2.19. The SMILES string of the molecule is Cc1cc(C)nc(NC(COCc2ccccc2)c2ccccc2)n1. The second-order valence-electron chi connectivity index (χ2n) is 6.08. The van der Waals surface area contributed by atoms with Gasteiger partial charge in [-0.15, -0.1) is 0 Å². The average Bonchev–Trinajstić information content (AvgIpc) is 2.62. The number of hydrogen-bond acceptors (Lipinski definition) is 4. The lowest BCUT2D eigenvalue weighted by molar-refractivity contribution is 0.112. The molecule has 0 saturated heterocycles. The monoisotopic (exact) mass is 333 g/mol. The first kappa shape index (κ1) is 17.1. The summed E-state index contributed by atoms with van der Waals surface area (Å²) in [6.07, 6.45) is 0. The van der Waals surface area contributed by atoms with Crippen molar-refractivity contribution < 1.29 is 4.74 Å². The van der Waals surface area contributed by atoms with E-state index in [2.05, 4.69) is 39.6 Å². The minimum absolute atomic E-state index is 0.00823. The van der Waals surface area contributed by atoms with E-state index in [0.717, 1.165) is 22.5 Å². The molecule has 25 heavy (non-hydrogen) atoms. The van der Waals surface area contributed by atoms with Gasteiger partial charge in [0.05, 0.1) is 19.3 Å². The van der Waals surface area contributed by atoms with E-state index < -0.39 is 0 Å². The van der Waals surface area contributed by atoms with Crippen molar-refractivity contribution in [3.8, 4) is 0 Å². The van der Waals surface area contributed by atoms with Crippen LogP contribution in [0.1, 0.15) is 28.6 Å². The fraction of sp³-hybridized carbons (Fsp3) is 0.238. The maximum Gasteiger partial charge on any atom is 0.223 e. The van der Waals surface area contributed by atoms with Gasteiger partial charge in [0, 0.05) is 11.4 Å². The summed E-state index contributed by atoms with van der Waals surface area (Å²) < 4.78 is 5.95. The summed E-state index contributed by atoms with van der Waals surface area (Å²) in [5.41, 5.74) is 4.22. The predicted octanol–water partition coefficient (Wildman–Crippen LogP) is 4.46. The fourth-order valence-electron chi connectivity index (χ4n) is 2.72. The van der Waals surface area contributed by atoms with Crippen molar-refractivity contribution >= 4 is 5.95 Å². The van der Waals surface area contributed by atoms with Crippen LogP contribution in [-0.4, -0.2) is 16.6 Å². The summed E-state index contributed by atoms with van der Waals surface area (Å²) in [5.74, 6) is 0.634. The van der Waals surface area contributed by atoms with Crippen LogP contribution in [0.4, 0.5) is 5.95 Å². The summed E-state index contributed by atoms with van der Waals surface area (Å²) >= 11 is 0. The summed E-state index contributed by atoms with van der Waals surface area (Å²) in [4.78, 5) is 8.98. The van der Waals surface area contributed by atoms with Crippen molar-refractivity contribution in [2.75, 3.05) is 11.9 Å². The molecule has 3 aromatic rings. The van der Waals surface area contributed by atoms with E-state index in [9.17, 15) is 0 Å². The van der Waals surface area contributed by atoms with E-state index in [1.54, 1.807) is 0 Å². The van der Waals surface area contributed by atoms with Gasteiger partial charge in [0.15, 0.2) is 0 Å². The molecule has 1 unspecified atom stereocenters. The Morgan fingerprint density at radius 3 is 2.12 bits per heavy atom. The molecule has 1 heterocycles. The third-order valence-electron chi connectivity index (χ3n) is 3.88. The summed E-state index contributed by atoms with van der Waals surface area (Å²) in [5, 5.41) is 3.42. The molecule has 1 atom stereocenters. The zero-order valence-electron chi connectivity index (χ0n) is 14.6. The number of ether oxygens (including phenoxy) is 1. The number of benzene rings is 2. The Morgan fingerprint density at radius 1 is 0.880 bits per heavy atom. The zero-order valence-corrected chi connectivity index (χ0v) is 14.6. The number of rotatable bonds is 7. The van der Waals surface area contributed by atoms with Crippen LogP contribution < -0.4 is 5.32 Å². The molecule has 0 aliphatic carbocycles. The number of aryl methyl sites for hydroxylation is 2. The van der Waals surface area contributed by atoms with Gasteiger partial charge in [-0.25, -0.2) is 9.97 Å². The van der Waals surface area contributed by atoms with E-state index in [-0.39, 0.29) is 6.04 Å². The van der Waals surface area contributed by atoms with E-state index >= 15 is 0 Å². The Kier molecular flexibility index (Phi) is 5.75. The van der Waals surface area contributed by atoms with Gasteiger partial charge in [0.2, 0.25) is 5.95 Å². The van der Waals surface area contributed by atoms with Gasteiger partial charge in [0.25, 0.3) is 0 Å². The van der Waals surface area contributed by atoms with Crippen molar-refractivity contribution in [1.82, 2.24) is 9.97 Å². The van der Waals surface area contributed by atoms with Gasteiger partial charge in [-0.1, -0.05) is 60.7 Å². The number of nitrogens with one attached hydrogen (secondary N) is 1. The molecule has 0 aliphatic heterocycles. The standard InChI is InChI=1S/C21H23N3O/c1-16-13-17(2)23-21(22-16)24-20(19-11-7-4-8-12-19)15-25-14-18-9-5-3-6-10-18/h3-13,20H,14-15H2,1-2H3,(H,22,23,24). The highest BCUT2D eigenvalue weighted by molar-refractivity contribution is 5.33. The highest BCUT2D eigenvalue weighted by Gasteiger charge is 2.13. The van der Waals surface area contributed by atoms with Crippen LogP contribution in [-0.2, 0) is 11.3 Å². The number of anilines is 1. The molecule has 4 nitrogen and oxygen atoms in total. The Balaban J connectivity index is 1.71. The Bertz CT molecular complexity index is 771. The van der Waals surface area contributed by atoms with Gasteiger partial charge < -0.3 is 10.1 Å². The maximum absolute atomic E-state index is 5.95. The Morgan fingerprint density at radius 2 is 1.48 bits per heavy atom. The Hall–Kier alpha value is -2.72. The summed E-state index contributed by atoms with van der Waals surface area (Å²) in [6.45, 7) is 5.07. The lowest BCUT2D eigenvalue weighted by atomic mass is 10.1. The van der Waals surface area contributed by atoms with Gasteiger partial charge >= 0.3 is 0 Å². The largest absolute Gasteiger partial charge is 0.374 e. The molecule has 0 saturated carbocycles. The molecule has 3 rings (SSSR count). The topological polar surface area (TPSA) is 47.0 Å². The first-order valence-corrected chi connectivity index (χ1v) is 8.46. The van der Waals surface area contributed by atoms with Crippen LogP contribution in [0.5, 0.6) is 0 Å². The third kappa shape index (κ3) is 5.13. The number of nitrogens with zero attached hydrogens (tertiary/aromatic N) is 2. The lowest BCUT2D eigenvalue weighted by Crippen LogP contribution is -2.19. The van der Waals surface area contributed by atoms with Crippen LogP contribution >= 0.6 is 0 Å². The van der Waals surface area contributed by atoms with Crippen molar-refractivity contribution in [2.45, 2.75) is 26.5 Å². The lowest BCUT2D eigenvalue weighted by Gasteiger charge is -2.20. The van der Waals surface area contributed by atoms with Crippen LogP contribution in [0.25, 0.3) is 0 Å². The van der Waals surface area contributed by atoms with Crippen molar-refractivity contribution in [3.05, 3.63) is 89.2 Å². The minimum atomic E-state index is -0.00823. The third-order valence-corrected chi connectivity index (χ3v) is 3.88. The van der Waals surface area contributed by atoms with Crippen molar-refractivity contribution in [3.63, 3.8) is 0 Å². The predicted molar refractivity (Wildman–Crippen MR) is 100 cm³/mol. The number of aromatic nitrogens is 2. The molecule has 0 amide bonds. The highest BCUT2D eigenvalue weighted by atomic mass is 16.5. The van der Waals surface area contributed by atoms with Crippen LogP contribution in [0.15, 0.2) is 66.7 Å². The molecule has 1 aromatic heterocycles. The second-order valence-corrected chi connectivity index (χ2v) is 6.08. The molecule has 0 bridgehead atoms. The molecule has 0 spiro atoms. The normalized spacial score (nSPS) is 11.9. The molecule has 0 fully saturated rings. The first-order chi connectivity index (χ1) is 12.2. The molecule has 2 aromatic carbocycles. The quantitative estimate of drug-likeness (QED) is 0.693. The molecular weight excluding hydrogens is 310 g/mol. The van der Waals surface area contributed by atoms with Crippen molar-refractivity contribution in [1.29, 1.82) is 0 Å². The average molecular weight is 333 g/mol. The summed E-state index contributed by atoms with van der Waals surface area (Å²) in [7, 11) is 0. The smallest absolute Gasteiger partial charge is 0.223 e. The molecule has 0 radical (unpaired) electrons. The Labute approximate surface area is 148 Å². The molecule has 128 valence electrons. The maximum atomic E-state index is 5.95. The second kappa shape index (κ2) is 8.40. The van der Waals surface area contributed by atoms with Crippen molar-refractivity contribution in [2.24, 2.45) is 0 Å². The number of hydrogen-bond donors (Lipinski definition) is 1. The molecule has 4 heteroatoms. The van der Waals surface area contributed by atoms with Crippen LogP contribution in [0.3, 0.4) is 0 Å². The van der Waals surface area contributed by atoms with Gasteiger partial charge in [0.1, 0.15) is 0 Å². The minimum Gasteiger partial charge on any atom is -0.374 e. The molecule has 1 N–H and O–H groups in total. The van der Waals surface area contributed by atoms with Gasteiger partial charge in [-0.05, 0) is 31.0 Å². The van der Waals surface area contributed by atoms with E-state index in [0.29, 0.717) is 19.2 Å². The van der Waals surface area contributed by atoms with E-state index in [4.69, 9.17) is 4.74 Å². The zero-order chi connectivity index (χ0) is 17.5. The summed E-state index contributed by atoms with van der Waals surface area (Å²) in [6, 6.07) is 22.4. The van der Waals surface area contributed by atoms with Crippen LogP contribution in [0, 0.1) is 13.8 Å². The van der Waals surface area contributed by atoms with Gasteiger partial charge in [-0.2, -0.15) is 0 Å². The van der Waals surface area contributed by atoms with E-state index in [1.165, 1.54) is 0 Å². The molecular formula is C21H23N3O. The van der Waals surface area contributed by atoms with Crippen LogP contribution in [0.2, 0.25) is 0 Å². The first-order valence-electron chi connectivity index (χ1n) is 8.46. The van der Waals surface area contributed by atoms with E-state index in [1.807, 2.05) is 56.3 Å². The fourth-order valence-corrected chi connectivity index (χ4v) is 2.72.